The maximum Gasteiger partial charge on any atom is 0.235 e. The highest BCUT2D eigenvalue weighted by Crippen LogP contribution is 1.85. The highest BCUT2D eigenvalue weighted by Gasteiger charge is 2.06. The van der Waals surface area contributed by atoms with Gasteiger partial charge in [0.05, 0.1) is 6.04 Å². The highest BCUT2D eigenvalue weighted by molar-refractivity contribution is 6.27. The first kappa shape index (κ1) is 9.43. The number of alkyl halides is 1. The highest BCUT2D eigenvalue weighted by atomic mass is 35.5. The van der Waals surface area contributed by atoms with Crippen LogP contribution in [0.1, 0.15) is 13.3 Å². The summed E-state index contributed by atoms with van der Waals surface area (Å²) >= 11 is 5.18. The molecule has 0 aromatic rings. The first-order chi connectivity index (χ1) is 4.74. The van der Waals surface area contributed by atoms with Crippen LogP contribution in [-0.4, -0.2) is 24.1 Å². The molecule has 10 heavy (non-hydrogen) atoms. The second kappa shape index (κ2) is 5.23. The second-order valence-corrected chi connectivity index (χ2v) is 2.12. The molecule has 0 aliphatic rings. The van der Waals surface area contributed by atoms with Gasteiger partial charge in [-0.3, -0.25) is 4.79 Å². The van der Waals surface area contributed by atoms with Crippen LogP contribution in [0, 0.1) is 0 Å². The molecule has 0 saturated heterocycles. The molecule has 1 N–H and O–H groups in total. The predicted molar refractivity (Wildman–Crippen MR) is 39.0 cm³/mol. The van der Waals surface area contributed by atoms with Crippen molar-refractivity contribution in [2.75, 3.05) is 5.88 Å². The molecule has 0 aromatic carbocycles. The molecule has 1 unspecified atom stereocenters. The number of nitrogens with one attached hydrogen (secondary N) is 1. The molecule has 3 nitrogen and oxygen atoms in total. The van der Waals surface area contributed by atoms with Crippen molar-refractivity contribution < 1.29 is 9.59 Å². The van der Waals surface area contributed by atoms with Crippen molar-refractivity contribution in [3.05, 3.63) is 0 Å². The van der Waals surface area contributed by atoms with Gasteiger partial charge in [-0.15, -0.1) is 11.6 Å². The van der Waals surface area contributed by atoms with Crippen LogP contribution in [0.25, 0.3) is 0 Å². The molecule has 58 valence electrons. The number of aldehydes is 1. The van der Waals surface area contributed by atoms with E-state index in [0.29, 0.717) is 12.7 Å². The Balaban J connectivity index is 3.62. The molecule has 0 radical (unpaired) electrons. The molecule has 0 spiro atoms. The van der Waals surface area contributed by atoms with Crippen LogP contribution in [0.3, 0.4) is 0 Å². The van der Waals surface area contributed by atoms with Crippen LogP contribution in [0.4, 0.5) is 0 Å². The standard InChI is InChI=1S/C6H10ClNO2/c1-2-5(4-9)8-6(10)3-7/h4-5H,2-3H2,1H3,(H,8,10). The number of hydrogen-bond acceptors (Lipinski definition) is 2. The fraction of sp³-hybridized carbons (Fsp3) is 0.667. The number of hydrogen-bond donors (Lipinski definition) is 1. The molecule has 0 aliphatic carbocycles. The summed E-state index contributed by atoms with van der Waals surface area (Å²) in [6, 6.07) is -0.383. The van der Waals surface area contributed by atoms with E-state index in [9.17, 15) is 9.59 Å². The van der Waals surface area contributed by atoms with E-state index in [1.807, 2.05) is 6.92 Å². The molecule has 1 atom stereocenters. The van der Waals surface area contributed by atoms with Gasteiger partial charge >= 0.3 is 0 Å². The largest absolute Gasteiger partial charge is 0.346 e. The number of carbonyl (C=O) groups excluding carboxylic acids is 2. The van der Waals surface area contributed by atoms with Gasteiger partial charge in [0, 0.05) is 0 Å². The Kier molecular flexibility index (Phi) is 4.94. The van der Waals surface area contributed by atoms with Gasteiger partial charge in [-0.1, -0.05) is 6.92 Å². The van der Waals surface area contributed by atoms with Gasteiger partial charge < -0.3 is 10.1 Å². The normalized spacial score (nSPS) is 12.2. The van der Waals surface area contributed by atoms with E-state index in [-0.39, 0.29) is 17.8 Å². The Hall–Kier alpha value is -0.570. The maximum absolute atomic E-state index is 10.5. The maximum atomic E-state index is 10.5. The number of rotatable bonds is 4. The quantitative estimate of drug-likeness (QED) is 0.479. The lowest BCUT2D eigenvalue weighted by Gasteiger charge is -2.07. The van der Waals surface area contributed by atoms with Crippen molar-refractivity contribution in [1.82, 2.24) is 5.32 Å². The van der Waals surface area contributed by atoms with Gasteiger partial charge in [-0.05, 0) is 6.42 Å². The Morgan fingerprint density at radius 1 is 1.80 bits per heavy atom. The molecule has 1 amide bonds. The topological polar surface area (TPSA) is 46.2 Å². The van der Waals surface area contributed by atoms with Crippen LogP contribution in [0.2, 0.25) is 0 Å². The molecule has 0 fully saturated rings. The van der Waals surface area contributed by atoms with E-state index in [1.165, 1.54) is 0 Å². The third-order valence-corrected chi connectivity index (χ3v) is 1.31. The third-order valence-electron chi connectivity index (χ3n) is 1.07. The van der Waals surface area contributed by atoms with E-state index >= 15 is 0 Å². The first-order valence-corrected chi connectivity index (χ1v) is 3.58. The van der Waals surface area contributed by atoms with Gasteiger partial charge in [-0.25, -0.2) is 0 Å². The van der Waals surface area contributed by atoms with Crippen LogP contribution in [-0.2, 0) is 9.59 Å². The van der Waals surface area contributed by atoms with Gasteiger partial charge in [0.2, 0.25) is 5.91 Å². The minimum absolute atomic E-state index is 0.0929. The van der Waals surface area contributed by atoms with Crippen molar-refractivity contribution in [2.45, 2.75) is 19.4 Å². The van der Waals surface area contributed by atoms with E-state index in [2.05, 4.69) is 5.32 Å². The smallest absolute Gasteiger partial charge is 0.235 e. The van der Waals surface area contributed by atoms with Gasteiger partial charge in [0.15, 0.2) is 0 Å². The third kappa shape index (κ3) is 3.45. The van der Waals surface area contributed by atoms with Gasteiger partial charge in [0.25, 0.3) is 0 Å². The molecule has 0 aliphatic heterocycles. The lowest BCUT2D eigenvalue weighted by molar-refractivity contribution is -0.122. The van der Waals surface area contributed by atoms with Crippen molar-refractivity contribution in [3.8, 4) is 0 Å². The van der Waals surface area contributed by atoms with Crippen molar-refractivity contribution in [3.63, 3.8) is 0 Å². The molecule has 0 bridgehead atoms. The summed E-state index contributed by atoms with van der Waals surface area (Å²) in [6.45, 7) is 1.81. The van der Waals surface area contributed by atoms with Crippen LogP contribution in [0.5, 0.6) is 0 Å². The molecular formula is C6H10ClNO2. The van der Waals surface area contributed by atoms with Crippen molar-refractivity contribution >= 4 is 23.8 Å². The van der Waals surface area contributed by atoms with E-state index in [1.54, 1.807) is 0 Å². The average Bonchev–Trinajstić information content (AvgIpc) is 1.99. The summed E-state index contributed by atoms with van der Waals surface area (Å²) in [6.07, 6.45) is 1.30. The number of halogens is 1. The first-order valence-electron chi connectivity index (χ1n) is 3.05. The summed E-state index contributed by atoms with van der Waals surface area (Å²) < 4.78 is 0. The van der Waals surface area contributed by atoms with E-state index in [0.717, 1.165) is 0 Å². The summed E-state index contributed by atoms with van der Waals surface area (Å²) in [7, 11) is 0. The van der Waals surface area contributed by atoms with Crippen LogP contribution >= 0.6 is 11.6 Å². The lowest BCUT2D eigenvalue weighted by Crippen LogP contribution is -2.36. The monoisotopic (exact) mass is 163 g/mol. The second-order valence-electron chi connectivity index (χ2n) is 1.85. The summed E-state index contributed by atoms with van der Waals surface area (Å²) in [5.41, 5.74) is 0. The SMILES string of the molecule is CCC(C=O)NC(=O)CCl. The van der Waals surface area contributed by atoms with Crippen molar-refractivity contribution in [2.24, 2.45) is 0 Å². The fourth-order valence-corrected chi connectivity index (χ4v) is 0.555. The lowest BCUT2D eigenvalue weighted by atomic mass is 10.2. The Labute approximate surface area is 64.7 Å². The predicted octanol–water partition coefficient (Wildman–Crippen LogP) is 0.319. The van der Waals surface area contributed by atoms with Gasteiger partial charge in [0.1, 0.15) is 12.2 Å². The summed E-state index contributed by atoms with van der Waals surface area (Å²) in [5, 5.41) is 2.43. The number of carbonyl (C=O) groups is 2. The zero-order chi connectivity index (χ0) is 7.98. The Bertz CT molecular complexity index is 127. The average molecular weight is 164 g/mol. The minimum atomic E-state index is -0.383. The van der Waals surface area contributed by atoms with Crippen LogP contribution < -0.4 is 5.32 Å². The van der Waals surface area contributed by atoms with E-state index in [4.69, 9.17) is 11.6 Å². The molecule has 4 heteroatoms. The van der Waals surface area contributed by atoms with Crippen LogP contribution in [0.15, 0.2) is 0 Å². The van der Waals surface area contributed by atoms with Gasteiger partial charge in [-0.2, -0.15) is 0 Å². The Morgan fingerprint density at radius 2 is 2.40 bits per heavy atom. The molecule has 0 saturated carbocycles. The molecule has 0 aromatic heterocycles. The zero-order valence-electron chi connectivity index (χ0n) is 5.76. The fourth-order valence-electron chi connectivity index (χ4n) is 0.478. The summed E-state index contributed by atoms with van der Waals surface area (Å²) in [5.74, 6) is -0.398. The molecule has 0 rings (SSSR count). The number of amides is 1. The van der Waals surface area contributed by atoms with Crippen molar-refractivity contribution in [1.29, 1.82) is 0 Å². The molecular weight excluding hydrogens is 154 g/mol. The summed E-state index contributed by atoms with van der Waals surface area (Å²) in [4.78, 5) is 20.7. The van der Waals surface area contributed by atoms with E-state index < -0.39 is 0 Å². The minimum Gasteiger partial charge on any atom is -0.346 e. The molecule has 0 heterocycles. The Morgan fingerprint density at radius 3 is 2.70 bits per heavy atom. The zero-order valence-corrected chi connectivity index (χ0v) is 6.52.